The monoisotopic (exact) mass is 423 g/mol. The number of benzene rings is 1. The van der Waals surface area contributed by atoms with Crippen LogP contribution in [0.4, 0.5) is 0 Å². The highest BCUT2D eigenvalue weighted by atomic mass is 79.9. The predicted octanol–water partition coefficient (Wildman–Crippen LogP) is 3.05. The normalized spacial score (nSPS) is 23.6. The molecule has 0 radical (unpaired) electrons. The number of carbonyl (C=O) groups excluding carboxylic acids is 1. The van der Waals surface area contributed by atoms with Crippen LogP contribution in [0.1, 0.15) is 12.5 Å². The first kappa shape index (κ1) is 17.8. The van der Waals surface area contributed by atoms with E-state index in [9.17, 15) is 25.2 Å². The fourth-order valence-electron chi connectivity index (χ4n) is 2.52. The van der Waals surface area contributed by atoms with Crippen LogP contribution in [-0.2, 0) is 4.79 Å². The van der Waals surface area contributed by atoms with Crippen LogP contribution < -0.4 is 0 Å². The molecule has 2 atom stereocenters. The van der Waals surface area contributed by atoms with Crippen molar-refractivity contribution in [2.75, 3.05) is 0 Å². The van der Waals surface area contributed by atoms with Crippen molar-refractivity contribution in [3.63, 3.8) is 0 Å². The number of aromatic hydroxyl groups is 2. The smallest absolute Gasteiger partial charge is 0.226 e. The number of aliphatic hydroxyl groups excluding tert-OH is 2. The molecule has 0 bridgehead atoms. The van der Waals surface area contributed by atoms with Crippen molar-refractivity contribution in [2.45, 2.75) is 18.3 Å². The van der Waals surface area contributed by atoms with Crippen LogP contribution in [0.25, 0.3) is 6.08 Å². The topological polar surface area (TPSA) is 110 Å². The molecule has 0 saturated heterocycles. The van der Waals surface area contributed by atoms with Crippen molar-refractivity contribution >= 4 is 44.6 Å². The molecule has 8 heteroatoms. The molecule has 1 aliphatic carbocycles. The van der Waals surface area contributed by atoms with Crippen molar-refractivity contribution in [2.24, 2.45) is 4.99 Å². The number of ketones is 1. The number of halogens is 1. The Hall–Kier alpha value is -2.03. The van der Waals surface area contributed by atoms with Gasteiger partial charge in [-0.25, -0.2) is 4.99 Å². The number of aliphatic imine (C=N–C) groups is 1. The fraction of sp³-hybridized carbons (Fsp3) is 0.176. The van der Waals surface area contributed by atoms with E-state index in [1.807, 2.05) is 0 Å². The number of allylic oxidation sites excluding steroid dienone is 2. The maximum Gasteiger partial charge on any atom is 0.226 e. The Bertz CT molecular complexity index is 887. The van der Waals surface area contributed by atoms with Gasteiger partial charge in [0.05, 0.1) is 14.8 Å². The molecule has 25 heavy (non-hydrogen) atoms. The molecular formula is C17H14BrNO5S. The molecule has 1 aromatic carbocycles. The summed E-state index contributed by atoms with van der Waals surface area (Å²) >= 11 is 4.43. The van der Waals surface area contributed by atoms with Crippen LogP contribution in [0.3, 0.4) is 0 Å². The summed E-state index contributed by atoms with van der Waals surface area (Å²) < 4.78 is 0.346. The lowest BCUT2D eigenvalue weighted by Gasteiger charge is -2.29. The van der Waals surface area contributed by atoms with Crippen LogP contribution in [-0.4, -0.2) is 42.6 Å². The van der Waals surface area contributed by atoms with E-state index in [1.165, 1.54) is 23.9 Å². The molecule has 1 aromatic rings. The van der Waals surface area contributed by atoms with Gasteiger partial charge >= 0.3 is 0 Å². The number of hydrogen-bond donors (Lipinski definition) is 4. The van der Waals surface area contributed by atoms with E-state index >= 15 is 0 Å². The van der Waals surface area contributed by atoms with E-state index in [0.29, 0.717) is 26.4 Å². The van der Waals surface area contributed by atoms with Gasteiger partial charge in [0.15, 0.2) is 17.3 Å². The Morgan fingerprint density at radius 1 is 1.24 bits per heavy atom. The molecule has 4 N–H and O–H groups in total. The Morgan fingerprint density at radius 2 is 1.96 bits per heavy atom. The summed E-state index contributed by atoms with van der Waals surface area (Å²) in [5.41, 5.74) is 1.85. The lowest BCUT2D eigenvalue weighted by atomic mass is 9.94. The minimum atomic E-state index is -1.33. The van der Waals surface area contributed by atoms with Gasteiger partial charge in [-0.3, -0.25) is 4.79 Å². The number of fused-ring (bicyclic) bond motifs is 1. The zero-order chi connectivity index (χ0) is 18.3. The summed E-state index contributed by atoms with van der Waals surface area (Å²) in [7, 11) is 0. The highest BCUT2D eigenvalue weighted by molar-refractivity contribution is 9.10. The third-order valence-electron chi connectivity index (χ3n) is 3.88. The second kappa shape index (κ2) is 6.70. The van der Waals surface area contributed by atoms with Crippen LogP contribution in [0, 0.1) is 0 Å². The third-order valence-corrected chi connectivity index (χ3v) is 5.95. The van der Waals surface area contributed by atoms with E-state index in [4.69, 9.17) is 0 Å². The number of aliphatic hydroxyl groups is 2. The van der Waals surface area contributed by atoms with Crippen molar-refractivity contribution in [1.82, 2.24) is 0 Å². The molecule has 0 saturated carbocycles. The van der Waals surface area contributed by atoms with Gasteiger partial charge in [-0.1, -0.05) is 17.8 Å². The standard InChI is InChI=1S/C17H14BrNO5S/c1-7-9-6-11(21)15(23)16(24)17(9)25-12(19-7)5-3-8-2-4-10(20)14(22)13(8)18/h2-6,16-17,20-22,24H,1H3/b5-3+. The van der Waals surface area contributed by atoms with E-state index in [0.717, 1.165) is 0 Å². The van der Waals surface area contributed by atoms with Crippen LogP contribution in [0.15, 0.2) is 50.8 Å². The molecule has 130 valence electrons. The van der Waals surface area contributed by atoms with Gasteiger partial charge in [-0.2, -0.15) is 0 Å². The molecule has 2 unspecified atom stereocenters. The maximum absolute atomic E-state index is 11.8. The summed E-state index contributed by atoms with van der Waals surface area (Å²) in [6, 6.07) is 2.99. The Kier molecular flexibility index (Phi) is 4.77. The molecule has 6 nitrogen and oxygen atoms in total. The minimum absolute atomic E-state index is 0.229. The number of phenolic OH excluding ortho intramolecular Hbond substituents is 2. The Labute approximate surface area is 156 Å². The van der Waals surface area contributed by atoms with Crippen molar-refractivity contribution in [3.8, 4) is 11.5 Å². The third kappa shape index (κ3) is 3.24. The molecule has 1 heterocycles. The average molecular weight is 424 g/mol. The van der Waals surface area contributed by atoms with E-state index in [-0.39, 0.29) is 11.5 Å². The highest BCUT2D eigenvalue weighted by Crippen LogP contribution is 2.39. The number of rotatable bonds is 2. The van der Waals surface area contributed by atoms with Crippen LogP contribution >= 0.6 is 27.7 Å². The predicted molar refractivity (Wildman–Crippen MR) is 99.7 cm³/mol. The number of carbonyl (C=O) groups is 1. The van der Waals surface area contributed by atoms with E-state index in [2.05, 4.69) is 20.9 Å². The second-order valence-corrected chi connectivity index (χ2v) is 7.49. The molecule has 0 amide bonds. The Morgan fingerprint density at radius 3 is 2.68 bits per heavy atom. The molecule has 0 aromatic heterocycles. The lowest BCUT2D eigenvalue weighted by Crippen LogP contribution is -2.39. The first-order valence-corrected chi connectivity index (χ1v) is 8.94. The zero-order valence-corrected chi connectivity index (χ0v) is 15.4. The summed E-state index contributed by atoms with van der Waals surface area (Å²) in [5.74, 6) is -1.65. The Balaban J connectivity index is 1.92. The van der Waals surface area contributed by atoms with Gasteiger partial charge in [0.2, 0.25) is 5.78 Å². The van der Waals surface area contributed by atoms with Gasteiger partial charge in [-0.15, -0.1) is 0 Å². The molecule has 0 spiro atoms. The number of thioether (sulfide) groups is 1. The lowest BCUT2D eigenvalue weighted by molar-refractivity contribution is -0.125. The number of Topliss-reactive ketones (excluding diaryl/α,β-unsaturated/α-hetero) is 1. The average Bonchev–Trinajstić information content (AvgIpc) is 2.58. The first-order valence-electron chi connectivity index (χ1n) is 7.27. The molecule has 1 aliphatic heterocycles. The number of phenols is 2. The largest absolute Gasteiger partial charge is 0.504 e. The van der Waals surface area contributed by atoms with Crippen molar-refractivity contribution < 1.29 is 25.2 Å². The minimum Gasteiger partial charge on any atom is -0.504 e. The maximum atomic E-state index is 11.8. The summed E-state index contributed by atoms with van der Waals surface area (Å²) in [4.78, 5) is 16.2. The van der Waals surface area contributed by atoms with Crippen molar-refractivity contribution in [1.29, 1.82) is 0 Å². The fourth-order valence-corrected chi connectivity index (χ4v) is 4.20. The van der Waals surface area contributed by atoms with Gasteiger partial charge in [-0.05, 0) is 58.3 Å². The summed E-state index contributed by atoms with van der Waals surface area (Å²) in [6.07, 6.45) is 3.40. The highest BCUT2D eigenvalue weighted by Gasteiger charge is 2.38. The quantitative estimate of drug-likeness (QED) is 0.544. The molecular weight excluding hydrogens is 410 g/mol. The zero-order valence-electron chi connectivity index (χ0n) is 13.0. The number of nitrogens with zero attached hydrogens (tertiary/aromatic N) is 1. The SMILES string of the molecule is CC1=C2C=C(O)C(=O)C(O)C2SC(/C=C/c2ccc(O)c(O)c2Br)=N1. The first-order chi connectivity index (χ1) is 11.8. The van der Waals surface area contributed by atoms with E-state index < -0.39 is 22.9 Å². The summed E-state index contributed by atoms with van der Waals surface area (Å²) in [6.45, 7) is 1.74. The molecule has 2 aliphatic rings. The van der Waals surface area contributed by atoms with Crippen LogP contribution in [0.5, 0.6) is 11.5 Å². The molecule has 3 rings (SSSR count). The van der Waals surface area contributed by atoms with Gasteiger partial charge in [0, 0.05) is 5.70 Å². The summed E-state index contributed by atoms with van der Waals surface area (Å²) in [5, 5.41) is 39.0. The van der Waals surface area contributed by atoms with E-state index in [1.54, 1.807) is 25.1 Å². The van der Waals surface area contributed by atoms with Gasteiger partial charge < -0.3 is 20.4 Å². The molecule has 0 fully saturated rings. The second-order valence-electron chi connectivity index (χ2n) is 5.54. The number of hydrogen-bond acceptors (Lipinski definition) is 7. The van der Waals surface area contributed by atoms with Gasteiger partial charge in [0.1, 0.15) is 6.10 Å². The van der Waals surface area contributed by atoms with Crippen molar-refractivity contribution in [3.05, 3.63) is 51.4 Å². The van der Waals surface area contributed by atoms with Crippen LogP contribution in [0.2, 0.25) is 0 Å². The van der Waals surface area contributed by atoms with Gasteiger partial charge in [0.25, 0.3) is 0 Å².